The highest BCUT2D eigenvalue weighted by molar-refractivity contribution is 5.78. The highest BCUT2D eigenvalue weighted by Crippen LogP contribution is 2.24. The molecule has 1 aromatic carbocycles. The minimum Gasteiger partial charge on any atom is -0.483 e. The number of hydrogen-bond acceptors (Lipinski definition) is 4. The third kappa shape index (κ3) is 4.45. The fourth-order valence-corrected chi connectivity index (χ4v) is 3.14. The van der Waals surface area contributed by atoms with Crippen LogP contribution in [-0.4, -0.2) is 67.8 Å². The Kier molecular flexibility index (Phi) is 6.02. The summed E-state index contributed by atoms with van der Waals surface area (Å²) in [4.78, 5) is 16.3. The van der Waals surface area contributed by atoms with Crippen molar-refractivity contribution in [3.05, 3.63) is 29.3 Å². The van der Waals surface area contributed by atoms with Crippen LogP contribution < -0.4 is 4.74 Å². The zero-order chi connectivity index (χ0) is 17.0. The molecule has 5 heteroatoms. The Morgan fingerprint density at radius 3 is 2.65 bits per heavy atom. The smallest absolute Gasteiger partial charge is 0.260 e. The first-order valence-electron chi connectivity index (χ1n) is 8.14. The van der Waals surface area contributed by atoms with E-state index >= 15 is 0 Å². The van der Waals surface area contributed by atoms with Gasteiger partial charge in [0.05, 0.1) is 0 Å². The van der Waals surface area contributed by atoms with Crippen LogP contribution in [-0.2, 0) is 4.79 Å². The van der Waals surface area contributed by atoms with Crippen LogP contribution in [0.25, 0.3) is 0 Å². The van der Waals surface area contributed by atoms with Crippen molar-refractivity contribution in [2.75, 3.05) is 46.9 Å². The van der Waals surface area contributed by atoms with Gasteiger partial charge in [-0.3, -0.25) is 4.79 Å². The van der Waals surface area contributed by atoms with Gasteiger partial charge in [-0.2, -0.15) is 0 Å². The second-order valence-corrected chi connectivity index (χ2v) is 6.75. The van der Waals surface area contributed by atoms with Crippen LogP contribution in [0.5, 0.6) is 5.75 Å². The zero-order valence-electron chi connectivity index (χ0n) is 14.6. The molecule has 0 spiro atoms. The molecule has 0 bridgehead atoms. The lowest BCUT2D eigenvalue weighted by atomic mass is 9.97. The minimum absolute atomic E-state index is 0.00869. The lowest BCUT2D eigenvalue weighted by Crippen LogP contribution is -2.34. The summed E-state index contributed by atoms with van der Waals surface area (Å²) in [5, 5.41) is 9.54. The molecule has 1 saturated heterocycles. The number of amides is 1. The Balaban J connectivity index is 1.92. The number of aliphatic hydroxyl groups excluding tert-OH is 1. The van der Waals surface area contributed by atoms with Crippen LogP contribution in [0.1, 0.15) is 11.1 Å². The summed E-state index contributed by atoms with van der Waals surface area (Å²) < 4.78 is 5.71. The maximum atomic E-state index is 12.4. The molecule has 1 aliphatic heterocycles. The molecule has 1 aliphatic rings. The molecule has 23 heavy (non-hydrogen) atoms. The first kappa shape index (κ1) is 17.8. The number of hydrogen-bond donors (Lipinski definition) is 1. The third-order valence-corrected chi connectivity index (χ3v) is 4.67. The van der Waals surface area contributed by atoms with Gasteiger partial charge < -0.3 is 19.6 Å². The van der Waals surface area contributed by atoms with Crippen molar-refractivity contribution in [3.8, 4) is 5.75 Å². The van der Waals surface area contributed by atoms with Crippen LogP contribution >= 0.6 is 0 Å². The van der Waals surface area contributed by atoms with Crippen LogP contribution in [0.3, 0.4) is 0 Å². The van der Waals surface area contributed by atoms with Gasteiger partial charge in [0.25, 0.3) is 5.91 Å². The van der Waals surface area contributed by atoms with Crippen molar-refractivity contribution in [1.82, 2.24) is 9.80 Å². The third-order valence-electron chi connectivity index (χ3n) is 4.67. The monoisotopic (exact) mass is 320 g/mol. The summed E-state index contributed by atoms with van der Waals surface area (Å²) >= 11 is 0. The molecule has 2 atom stereocenters. The average molecular weight is 320 g/mol. The number of ether oxygens (including phenoxy) is 1. The fourth-order valence-electron chi connectivity index (χ4n) is 3.14. The van der Waals surface area contributed by atoms with Crippen LogP contribution in [0.2, 0.25) is 0 Å². The van der Waals surface area contributed by atoms with Crippen LogP contribution in [0.4, 0.5) is 0 Å². The average Bonchev–Trinajstić information content (AvgIpc) is 2.90. The summed E-state index contributed by atoms with van der Waals surface area (Å²) in [5.74, 6) is 1.23. The van der Waals surface area contributed by atoms with Gasteiger partial charge in [-0.25, -0.2) is 0 Å². The van der Waals surface area contributed by atoms with E-state index in [9.17, 15) is 9.90 Å². The quantitative estimate of drug-likeness (QED) is 0.859. The van der Waals surface area contributed by atoms with Gasteiger partial charge in [-0.05, 0) is 51.1 Å². The minimum atomic E-state index is -0.00869. The van der Waals surface area contributed by atoms with E-state index in [2.05, 4.69) is 4.90 Å². The molecular weight excluding hydrogens is 292 g/mol. The van der Waals surface area contributed by atoms with Crippen molar-refractivity contribution in [2.45, 2.75) is 13.8 Å². The van der Waals surface area contributed by atoms with Crippen LogP contribution in [0.15, 0.2) is 18.2 Å². The Labute approximate surface area is 138 Å². The number of carbonyl (C=O) groups is 1. The lowest BCUT2D eigenvalue weighted by Gasteiger charge is -2.20. The maximum absolute atomic E-state index is 12.4. The van der Waals surface area contributed by atoms with E-state index in [0.717, 1.165) is 23.4 Å². The molecule has 5 nitrogen and oxygen atoms in total. The molecule has 0 aromatic heterocycles. The Morgan fingerprint density at radius 2 is 2.00 bits per heavy atom. The first-order valence-corrected chi connectivity index (χ1v) is 8.14. The molecule has 0 radical (unpaired) electrons. The number of nitrogens with zero attached hydrogens (tertiary/aromatic N) is 2. The normalized spacial score (nSPS) is 21.0. The van der Waals surface area contributed by atoms with Crippen molar-refractivity contribution < 1.29 is 14.6 Å². The molecule has 1 N–H and O–H groups in total. The fraction of sp³-hybridized carbons (Fsp3) is 0.611. The molecule has 2 unspecified atom stereocenters. The van der Waals surface area contributed by atoms with Crippen molar-refractivity contribution in [3.63, 3.8) is 0 Å². The predicted octanol–water partition coefficient (Wildman–Crippen LogP) is 1.31. The van der Waals surface area contributed by atoms with Gasteiger partial charge in [0.2, 0.25) is 0 Å². The van der Waals surface area contributed by atoms with Gasteiger partial charge in [0.1, 0.15) is 5.75 Å². The number of aliphatic hydroxyl groups is 1. The van der Waals surface area contributed by atoms with Gasteiger partial charge in [-0.1, -0.05) is 12.1 Å². The SMILES string of the molecule is Cc1cccc(OCC(=O)N2CC(CO)C(CN(C)C)C2)c1C. The number of carbonyl (C=O) groups excluding carboxylic acids is 1. The van der Waals surface area contributed by atoms with Crippen molar-refractivity contribution >= 4 is 5.91 Å². The van der Waals surface area contributed by atoms with E-state index in [1.54, 1.807) is 0 Å². The second-order valence-electron chi connectivity index (χ2n) is 6.75. The van der Waals surface area contributed by atoms with Gasteiger partial charge >= 0.3 is 0 Å². The first-order chi connectivity index (χ1) is 10.9. The molecule has 2 rings (SSSR count). The largest absolute Gasteiger partial charge is 0.483 e. The maximum Gasteiger partial charge on any atom is 0.260 e. The van der Waals surface area contributed by atoms with E-state index in [0.29, 0.717) is 19.0 Å². The highest BCUT2D eigenvalue weighted by Gasteiger charge is 2.35. The summed E-state index contributed by atoms with van der Waals surface area (Å²) in [6, 6.07) is 5.86. The number of benzene rings is 1. The zero-order valence-corrected chi connectivity index (χ0v) is 14.6. The highest BCUT2D eigenvalue weighted by atomic mass is 16.5. The molecule has 128 valence electrons. The van der Waals surface area contributed by atoms with E-state index in [1.165, 1.54) is 0 Å². The molecule has 0 saturated carbocycles. The van der Waals surface area contributed by atoms with Gasteiger partial charge in [0, 0.05) is 32.2 Å². The number of likely N-dealkylation sites (tertiary alicyclic amines) is 1. The topological polar surface area (TPSA) is 53.0 Å². The van der Waals surface area contributed by atoms with Crippen molar-refractivity contribution in [2.24, 2.45) is 11.8 Å². The second kappa shape index (κ2) is 7.79. The Bertz CT molecular complexity index is 545. The van der Waals surface area contributed by atoms with Crippen LogP contribution in [0, 0.1) is 25.7 Å². The summed E-state index contributed by atoms with van der Waals surface area (Å²) in [6.45, 7) is 6.40. The van der Waals surface area contributed by atoms with E-state index < -0.39 is 0 Å². The predicted molar refractivity (Wildman–Crippen MR) is 90.6 cm³/mol. The molecule has 0 aliphatic carbocycles. The Morgan fingerprint density at radius 1 is 1.30 bits per heavy atom. The van der Waals surface area contributed by atoms with Gasteiger partial charge in [0.15, 0.2) is 6.61 Å². The molecule has 1 aromatic rings. The van der Waals surface area contributed by atoms with Gasteiger partial charge in [-0.15, -0.1) is 0 Å². The number of aryl methyl sites for hydroxylation is 1. The van der Waals surface area contributed by atoms with Crippen molar-refractivity contribution in [1.29, 1.82) is 0 Å². The number of rotatable bonds is 6. The molecular formula is C18H28N2O3. The summed E-state index contributed by atoms with van der Waals surface area (Å²) in [5.41, 5.74) is 2.22. The lowest BCUT2D eigenvalue weighted by molar-refractivity contribution is -0.132. The summed E-state index contributed by atoms with van der Waals surface area (Å²) in [6.07, 6.45) is 0. The molecule has 1 fully saturated rings. The standard InChI is InChI=1S/C18H28N2O3/c1-13-6-5-7-17(14(13)2)23-12-18(22)20-9-15(8-19(3)4)16(10-20)11-21/h5-7,15-16,21H,8-12H2,1-4H3. The summed E-state index contributed by atoms with van der Waals surface area (Å²) in [7, 11) is 4.03. The van der Waals surface area contributed by atoms with E-state index in [-0.39, 0.29) is 25.0 Å². The van der Waals surface area contributed by atoms with E-state index in [1.807, 2.05) is 51.0 Å². The van der Waals surface area contributed by atoms with E-state index in [4.69, 9.17) is 4.74 Å². The Hall–Kier alpha value is -1.59. The molecule has 1 amide bonds. The molecule has 1 heterocycles.